The fraction of sp³-hybridized carbons (Fsp3) is 0.231. The molecule has 0 aliphatic carbocycles. The molecule has 2 aromatic heterocycles. The minimum atomic E-state index is 0.00794. The van der Waals surface area contributed by atoms with Gasteiger partial charge in [-0.3, -0.25) is 10.4 Å². The van der Waals surface area contributed by atoms with Crippen LogP contribution in [0.25, 0.3) is 0 Å². The van der Waals surface area contributed by atoms with E-state index in [0.717, 1.165) is 18.7 Å². The van der Waals surface area contributed by atoms with Crippen LogP contribution in [-0.2, 0) is 6.42 Å². The van der Waals surface area contributed by atoms with Gasteiger partial charge in [0, 0.05) is 24.7 Å². The molecule has 4 nitrogen and oxygen atoms in total. The van der Waals surface area contributed by atoms with Gasteiger partial charge in [0.15, 0.2) is 0 Å². The highest BCUT2D eigenvalue weighted by molar-refractivity contribution is 7.09. The Balaban J connectivity index is 2.09. The number of aromatic nitrogens is 1. The highest BCUT2D eigenvalue weighted by Crippen LogP contribution is 2.17. The lowest BCUT2D eigenvalue weighted by molar-refractivity contribution is 0.882. The third-order valence-electron chi connectivity index (χ3n) is 2.73. The molecule has 94 valence electrons. The first kappa shape index (κ1) is 12.6. The fourth-order valence-corrected chi connectivity index (χ4v) is 2.46. The van der Waals surface area contributed by atoms with Crippen molar-refractivity contribution in [3.63, 3.8) is 0 Å². The summed E-state index contributed by atoms with van der Waals surface area (Å²) < 4.78 is 0. The second-order valence-corrected chi connectivity index (χ2v) is 5.07. The van der Waals surface area contributed by atoms with E-state index in [4.69, 9.17) is 11.1 Å². The van der Waals surface area contributed by atoms with Crippen molar-refractivity contribution in [2.24, 2.45) is 5.73 Å². The van der Waals surface area contributed by atoms with Gasteiger partial charge in [0.2, 0.25) is 0 Å². The zero-order chi connectivity index (χ0) is 13.0. The molecule has 0 aromatic carbocycles. The summed E-state index contributed by atoms with van der Waals surface area (Å²) in [5.41, 5.74) is 6.99. The fourth-order valence-electron chi connectivity index (χ4n) is 1.77. The van der Waals surface area contributed by atoms with E-state index < -0.39 is 0 Å². The first-order chi connectivity index (χ1) is 8.68. The molecular formula is C13H16N4S. The van der Waals surface area contributed by atoms with Crippen LogP contribution in [-0.4, -0.2) is 24.4 Å². The molecule has 0 bridgehead atoms. The SMILES string of the molecule is CN(CCc1cccs1)c1cccnc1C(=N)N. The van der Waals surface area contributed by atoms with Crippen molar-refractivity contribution in [1.29, 1.82) is 5.41 Å². The largest absolute Gasteiger partial charge is 0.382 e. The van der Waals surface area contributed by atoms with Crippen LogP contribution in [0.4, 0.5) is 5.69 Å². The molecule has 3 N–H and O–H groups in total. The average Bonchev–Trinajstić information content (AvgIpc) is 2.89. The van der Waals surface area contributed by atoms with Gasteiger partial charge in [-0.1, -0.05) is 6.07 Å². The Kier molecular flexibility index (Phi) is 3.94. The smallest absolute Gasteiger partial charge is 0.143 e. The highest BCUT2D eigenvalue weighted by atomic mass is 32.1. The van der Waals surface area contributed by atoms with Crippen LogP contribution >= 0.6 is 11.3 Å². The number of nitrogen functional groups attached to an aromatic ring is 1. The van der Waals surface area contributed by atoms with Gasteiger partial charge in [0.25, 0.3) is 0 Å². The molecule has 0 fully saturated rings. The summed E-state index contributed by atoms with van der Waals surface area (Å²) in [5.74, 6) is 0.00794. The lowest BCUT2D eigenvalue weighted by Crippen LogP contribution is -2.25. The van der Waals surface area contributed by atoms with Gasteiger partial charge in [-0.15, -0.1) is 11.3 Å². The summed E-state index contributed by atoms with van der Waals surface area (Å²) in [6.45, 7) is 0.881. The predicted octanol–water partition coefficient (Wildman–Crippen LogP) is 2.11. The Morgan fingerprint density at radius 2 is 2.28 bits per heavy atom. The number of rotatable bonds is 5. The van der Waals surface area contributed by atoms with Crippen molar-refractivity contribution in [3.8, 4) is 0 Å². The molecule has 0 spiro atoms. The lowest BCUT2D eigenvalue weighted by atomic mass is 10.2. The van der Waals surface area contributed by atoms with Gasteiger partial charge in [-0.25, -0.2) is 0 Å². The van der Waals surface area contributed by atoms with Crippen LogP contribution in [0.5, 0.6) is 0 Å². The quantitative estimate of drug-likeness (QED) is 0.639. The van der Waals surface area contributed by atoms with Crippen molar-refractivity contribution in [2.45, 2.75) is 6.42 Å². The number of anilines is 1. The lowest BCUT2D eigenvalue weighted by Gasteiger charge is -2.20. The Labute approximate surface area is 111 Å². The van der Waals surface area contributed by atoms with E-state index in [1.54, 1.807) is 17.5 Å². The van der Waals surface area contributed by atoms with Crippen LogP contribution in [0.2, 0.25) is 0 Å². The van der Waals surface area contributed by atoms with Gasteiger partial charge in [-0.2, -0.15) is 0 Å². The molecule has 5 heteroatoms. The summed E-state index contributed by atoms with van der Waals surface area (Å²) in [4.78, 5) is 7.60. The summed E-state index contributed by atoms with van der Waals surface area (Å²) >= 11 is 1.76. The first-order valence-electron chi connectivity index (χ1n) is 5.71. The summed E-state index contributed by atoms with van der Waals surface area (Å²) in [5, 5.41) is 9.62. The molecule has 0 unspecified atom stereocenters. The van der Waals surface area contributed by atoms with Gasteiger partial charge >= 0.3 is 0 Å². The molecule has 2 rings (SSSR count). The van der Waals surface area contributed by atoms with E-state index in [1.165, 1.54) is 4.88 Å². The summed E-state index contributed by atoms with van der Waals surface area (Å²) in [6.07, 6.45) is 2.65. The molecule has 0 saturated heterocycles. The van der Waals surface area contributed by atoms with E-state index in [9.17, 15) is 0 Å². The molecule has 18 heavy (non-hydrogen) atoms. The van der Waals surface area contributed by atoms with E-state index in [1.807, 2.05) is 19.2 Å². The van der Waals surface area contributed by atoms with E-state index >= 15 is 0 Å². The topological polar surface area (TPSA) is 66.0 Å². The normalized spacial score (nSPS) is 10.3. The molecule has 0 saturated carbocycles. The standard InChI is InChI=1S/C13H16N4S/c1-17(8-6-10-4-3-9-18-10)11-5-2-7-16-12(11)13(14)15/h2-5,7,9H,6,8H2,1H3,(H3,14,15). The maximum atomic E-state index is 7.53. The summed E-state index contributed by atoms with van der Waals surface area (Å²) in [6, 6.07) is 8.00. The Morgan fingerprint density at radius 1 is 1.44 bits per heavy atom. The van der Waals surface area contributed by atoms with Crippen molar-refractivity contribution in [3.05, 3.63) is 46.4 Å². The molecule has 0 atom stereocenters. The minimum Gasteiger partial charge on any atom is -0.382 e. The monoisotopic (exact) mass is 260 g/mol. The number of likely N-dealkylation sites (N-methyl/N-ethyl adjacent to an activating group) is 1. The molecule has 0 aliphatic heterocycles. The van der Waals surface area contributed by atoms with Crippen LogP contribution in [0.3, 0.4) is 0 Å². The number of nitrogens with zero attached hydrogens (tertiary/aromatic N) is 2. The molecule has 0 amide bonds. The average molecular weight is 260 g/mol. The first-order valence-corrected chi connectivity index (χ1v) is 6.59. The molecular weight excluding hydrogens is 244 g/mol. The van der Waals surface area contributed by atoms with Crippen molar-refractivity contribution < 1.29 is 0 Å². The van der Waals surface area contributed by atoms with Crippen LogP contribution in [0, 0.1) is 5.41 Å². The molecule has 0 radical (unpaired) electrons. The van der Waals surface area contributed by atoms with Gasteiger partial charge in [0.1, 0.15) is 11.5 Å². The number of thiophene rings is 1. The van der Waals surface area contributed by atoms with Crippen molar-refractivity contribution >= 4 is 22.9 Å². The molecule has 2 aromatic rings. The van der Waals surface area contributed by atoms with Gasteiger partial charge in [-0.05, 0) is 30.0 Å². The van der Waals surface area contributed by atoms with Gasteiger partial charge < -0.3 is 10.6 Å². The maximum absolute atomic E-state index is 7.53. The van der Waals surface area contributed by atoms with Crippen LogP contribution in [0.15, 0.2) is 35.8 Å². The maximum Gasteiger partial charge on any atom is 0.143 e. The third-order valence-corrected chi connectivity index (χ3v) is 3.66. The van der Waals surface area contributed by atoms with Crippen LogP contribution < -0.4 is 10.6 Å². The number of nitrogens with two attached hydrogens (primary N) is 1. The second-order valence-electron chi connectivity index (χ2n) is 4.04. The Bertz CT molecular complexity index is 522. The van der Waals surface area contributed by atoms with E-state index in [2.05, 4.69) is 27.4 Å². The number of hydrogen-bond acceptors (Lipinski definition) is 4. The van der Waals surface area contributed by atoms with Crippen LogP contribution in [0.1, 0.15) is 10.6 Å². The molecule has 2 heterocycles. The number of nitrogens with one attached hydrogen (secondary N) is 1. The molecule has 0 aliphatic rings. The highest BCUT2D eigenvalue weighted by Gasteiger charge is 2.10. The number of hydrogen-bond donors (Lipinski definition) is 2. The van der Waals surface area contributed by atoms with Crippen molar-refractivity contribution in [1.82, 2.24) is 4.98 Å². The van der Waals surface area contributed by atoms with Crippen molar-refractivity contribution in [2.75, 3.05) is 18.5 Å². The third kappa shape index (κ3) is 2.87. The predicted molar refractivity (Wildman–Crippen MR) is 76.5 cm³/mol. The second kappa shape index (κ2) is 5.64. The van der Waals surface area contributed by atoms with E-state index in [-0.39, 0.29) is 5.84 Å². The minimum absolute atomic E-state index is 0.00794. The van der Waals surface area contributed by atoms with E-state index in [0.29, 0.717) is 5.69 Å². The van der Waals surface area contributed by atoms with Gasteiger partial charge in [0.05, 0.1) is 5.69 Å². The number of pyridine rings is 1. The number of amidine groups is 1. The Hall–Kier alpha value is -1.88. The zero-order valence-corrected chi connectivity index (χ0v) is 11.1. The summed E-state index contributed by atoms with van der Waals surface area (Å²) in [7, 11) is 2.00. The Morgan fingerprint density at radius 3 is 2.94 bits per heavy atom. The zero-order valence-electron chi connectivity index (χ0n) is 10.3.